The van der Waals surface area contributed by atoms with Crippen LogP contribution in [-0.2, 0) is 6.54 Å². The Bertz CT molecular complexity index is 789. The van der Waals surface area contributed by atoms with Crippen molar-refractivity contribution >= 4 is 10.8 Å². The molecule has 100 valence electrons. The van der Waals surface area contributed by atoms with Crippen LogP contribution in [0.5, 0.6) is 0 Å². The third-order valence-corrected chi connectivity index (χ3v) is 3.40. The van der Waals surface area contributed by atoms with Gasteiger partial charge in [-0.05, 0) is 22.4 Å². The summed E-state index contributed by atoms with van der Waals surface area (Å²) in [6, 6.07) is 15.6. The summed E-state index contributed by atoms with van der Waals surface area (Å²) in [5, 5.41) is 2.28. The van der Waals surface area contributed by atoms with Gasteiger partial charge in [-0.2, -0.15) is 0 Å². The van der Waals surface area contributed by atoms with Gasteiger partial charge in [0.25, 0.3) is 0 Å². The van der Waals surface area contributed by atoms with Gasteiger partial charge in [-0.25, -0.2) is 9.78 Å². The number of aromatic nitrogens is 2. The van der Waals surface area contributed by atoms with Gasteiger partial charge in [0.2, 0.25) is 0 Å². The first kappa shape index (κ1) is 12.6. The highest BCUT2D eigenvalue weighted by Gasteiger charge is 2.11. The maximum atomic E-state index is 11.6. The Labute approximate surface area is 116 Å². The molecule has 0 aliphatic carbocycles. The van der Waals surface area contributed by atoms with E-state index in [4.69, 9.17) is 5.73 Å². The van der Waals surface area contributed by atoms with E-state index in [1.165, 1.54) is 10.8 Å². The predicted molar refractivity (Wildman–Crippen MR) is 79.4 cm³/mol. The van der Waals surface area contributed by atoms with E-state index in [0.717, 1.165) is 16.3 Å². The highest BCUT2D eigenvalue weighted by atomic mass is 16.1. The zero-order valence-corrected chi connectivity index (χ0v) is 10.9. The Hall–Kier alpha value is -2.46. The molecule has 1 aromatic heterocycles. The van der Waals surface area contributed by atoms with E-state index in [9.17, 15) is 4.79 Å². The van der Waals surface area contributed by atoms with Crippen molar-refractivity contribution in [2.24, 2.45) is 5.73 Å². The molecule has 1 atom stereocenters. The molecule has 0 amide bonds. The molecule has 4 nitrogen and oxygen atoms in total. The number of rotatable bonds is 3. The van der Waals surface area contributed by atoms with Crippen LogP contribution in [0.2, 0.25) is 0 Å². The SMILES string of the molecule is NC(Cn1cccnc1=O)c1cccc2ccccc12. The van der Waals surface area contributed by atoms with Crippen LogP contribution in [0, 0.1) is 0 Å². The van der Waals surface area contributed by atoms with Crippen LogP contribution in [0.3, 0.4) is 0 Å². The molecule has 0 saturated heterocycles. The number of hydrogen-bond acceptors (Lipinski definition) is 3. The van der Waals surface area contributed by atoms with E-state index >= 15 is 0 Å². The van der Waals surface area contributed by atoms with Gasteiger partial charge < -0.3 is 5.73 Å². The Morgan fingerprint density at radius 2 is 1.90 bits per heavy atom. The van der Waals surface area contributed by atoms with Crippen molar-refractivity contribution < 1.29 is 0 Å². The second-order valence-electron chi connectivity index (χ2n) is 4.73. The van der Waals surface area contributed by atoms with Gasteiger partial charge in [-0.3, -0.25) is 4.57 Å². The summed E-state index contributed by atoms with van der Waals surface area (Å²) in [5.41, 5.74) is 7.04. The average Bonchev–Trinajstić information content (AvgIpc) is 2.49. The standard InChI is InChI=1S/C16H15N3O/c17-15(11-19-10-4-9-18-16(19)20)14-8-3-6-12-5-1-2-7-13(12)14/h1-10,15H,11,17H2. The summed E-state index contributed by atoms with van der Waals surface area (Å²) in [6.07, 6.45) is 3.20. The van der Waals surface area contributed by atoms with Gasteiger partial charge in [0.1, 0.15) is 0 Å². The fraction of sp³-hybridized carbons (Fsp3) is 0.125. The zero-order chi connectivity index (χ0) is 13.9. The quantitative estimate of drug-likeness (QED) is 0.789. The van der Waals surface area contributed by atoms with Crippen molar-refractivity contribution in [3.05, 3.63) is 77.0 Å². The van der Waals surface area contributed by atoms with E-state index in [1.807, 2.05) is 24.3 Å². The lowest BCUT2D eigenvalue weighted by molar-refractivity contribution is 0.554. The van der Waals surface area contributed by atoms with Crippen LogP contribution < -0.4 is 11.4 Å². The topological polar surface area (TPSA) is 60.9 Å². The van der Waals surface area contributed by atoms with Gasteiger partial charge in [0.05, 0.1) is 0 Å². The average molecular weight is 265 g/mol. The van der Waals surface area contributed by atoms with Gasteiger partial charge in [-0.1, -0.05) is 42.5 Å². The van der Waals surface area contributed by atoms with Crippen molar-refractivity contribution in [1.82, 2.24) is 9.55 Å². The molecule has 1 heterocycles. The fourth-order valence-electron chi connectivity index (χ4n) is 2.41. The van der Waals surface area contributed by atoms with Gasteiger partial charge in [0.15, 0.2) is 0 Å². The van der Waals surface area contributed by atoms with Gasteiger partial charge in [-0.15, -0.1) is 0 Å². The van der Waals surface area contributed by atoms with Crippen molar-refractivity contribution in [3.8, 4) is 0 Å². The lowest BCUT2D eigenvalue weighted by atomic mass is 9.99. The summed E-state index contributed by atoms with van der Waals surface area (Å²) in [5.74, 6) is 0. The molecule has 20 heavy (non-hydrogen) atoms. The molecule has 1 unspecified atom stereocenters. The summed E-state index contributed by atoms with van der Waals surface area (Å²) < 4.78 is 1.53. The fourth-order valence-corrected chi connectivity index (χ4v) is 2.41. The molecule has 0 spiro atoms. The van der Waals surface area contributed by atoms with E-state index in [0.29, 0.717) is 6.54 Å². The monoisotopic (exact) mass is 265 g/mol. The van der Waals surface area contributed by atoms with E-state index < -0.39 is 0 Å². The number of fused-ring (bicyclic) bond motifs is 1. The molecule has 0 saturated carbocycles. The molecule has 2 N–H and O–H groups in total. The molecular weight excluding hydrogens is 250 g/mol. The minimum Gasteiger partial charge on any atom is -0.322 e. The normalized spacial score (nSPS) is 12.4. The number of benzene rings is 2. The first-order valence-electron chi connectivity index (χ1n) is 6.50. The Morgan fingerprint density at radius 3 is 2.75 bits per heavy atom. The van der Waals surface area contributed by atoms with Crippen LogP contribution in [0.15, 0.2) is 65.7 Å². The third kappa shape index (κ3) is 2.33. The molecule has 0 bridgehead atoms. The van der Waals surface area contributed by atoms with Crippen molar-refractivity contribution in [1.29, 1.82) is 0 Å². The smallest absolute Gasteiger partial charge is 0.322 e. The summed E-state index contributed by atoms with van der Waals surface area (Å²) >= 11 is 0. The maximum Gasteiger partial charge on any atom is 0.347 e. The first-order chi connectivity index (χ1) is 9.75. The predicted octanol–water partition coefficient (Wildman–Crippen LogP) is 2.10. The lowest BCUT2D eigenvalue weighted by Gasteiger charge is -2.15. The summed E-state index contributed by atoms with van der Waals surface area (Å²) in [6.45, 7) is 0.417. The lowest BCUT2D eigenvalue weighted by Crippen LogP contribution is -2.27. The molecule has 0 radical (unpaired) electrons. The highest BCUT2D eigenvalue weighted by molar-refractivity contribution is 5.86. The van der Waals surface area contributed by atoms with E-state index in [-0.39, 0.29) is 11.7 Å². The number of hydrogen-bond donors (Lipinski definition) is 1. The molecule has 4 heteroatoms. The first-order valence-corrected chi connectivity index (χ1v) is 6.50. The maximum absolute atomic E-state index is 11.6. The van der Waals surface area contributed by atoms with Crippen LogP contribution in [-0.4, -0.2) is 9.55 Å². The van der Waals surface area contributed by atoms with Crippen molar-refractivity contribution in [3.63, 3.8) is 0 Å². The van der Waals surface area contributed by atoms with E-state index in [1.54, 1.807) is 12.3 Å². The molecule has 2 aromatic carbocycles. The third-order valence-electron chi connectivity index (χ3n) is 3.40. The van der Waals surface area contributed by atoms with Gasteiger partial charge >= 0.3 is 5.69 Å². The largest absolute Gasteiger partial charge is 0.347 e. The molecule has 0 fully saturated rings. The number of nitrogens with two attached hydrogens (primary N) is 1. The Morgan fingerprint density at radius 1 is 1.10 bits per heavy atom. The summed E-state index contributed by atoms with van der Waals surface area (Å²) in [7, 11) is 0. The molecule has 3 aromatic rings. The van der Waals surface area contributed by atoms with Crippen molar-refractivity contribution in [2.45, 2.75) is 12.6 Å². The molecular formula is C16H15N3O. The second-order valence-corrected chi connectivity index (χ2v) is 4.73. The van der Waals surface area contributed by atoms with Gasteiger partial charge in [0, 0.05) is 25.0 Å². The highest BCUT2D eigenvalue weighted by Crippen LogP contribution is 2.23. The molecule has 0 aliphatic heterocycles. The minimum atomic E-state index is -0.275. The van der Waals surface area contributed by atoms with Crippen LogP contribution in [0.25, 0.3) is 10.8 Å². The Balaban J connectivity index is 1.99. The van der Waals surface area contributed by atoms with E-state index in [2.05, 4.69) is 23.2 Å². The van der Waals surface area contributed by atoms with Crippen LogP contribution in [0.1, 0.15) is 11.6 Å². The molecule has 3 rings (SSSR count). The Kier molecular flexibility index (Phi) is 3.31. The minimum absolute atomic E-state index is 0.247. The zero-order valence-electron chi connectivity index (χ0n) is 10.9. The van der Waals surface area contributed by atoms with Crippen LogP contribution >= 0.6 is 0 Å². The van der Waals surface area contributed by atoms with Crippen LogP contribution in [0.4, 0.5) is 0 Å². The number of nitrogens with zero attached hydrogens (tertiary/aromatic N) is 2. The summed E-state index contributed by atoms with van der Waals surface area (Å²) in [4.78, 5) is 15.4. The second kappa shape index (κ2) is 5.27. The van der Waals surface area contributed by atoms with Crippen molar-refractivity contribution in [2.75, 3.05) is 0 Å². The molecule has 0 aliphatic rings.